The van der Waals surface area contributed by atoms with Gasteiger partial charge in [0.25, 0.3) is 5.91 Å². The fourth-order valence-corrected chi connectivity index (χ4v) is 4.84. The molecule has 2 amide bonds. The monoisotopic (exact) mass is 431 g/mol. The van der Waals surface area contributed by atoms with Gasteiger partial charge in [0.05, 0.1) is 11.6 Å². The molecule has 1 saturated heterocycles. The quantitative estimate of drug-likeness (QED) is 0.684. The van der Waals surface area contributed by atoms with Crippen molar-refractivity contribution in [1.82, 2.24) is 10.2 Å². The van der Waals surface area contributed by atoms with E-state index < -0.39 is 5.91 Å². The lowest BCUT2D eigenvalue weighted by Gasteiger charge is -2.36. The van der Waals surface area contributed by atoms with Gasteiger partial charge in [0, 0.05) is 42.0 Å². The van der Waals surface area contributed by atoms with E-state index in [1.165, 1.54) is 12.1 Å². The second kappa shape index (κ2) is 8.39. The van der Waals surface area contributed by atoms with Crippen LogP contribution in [0.1, 0.15) is 9.67 Å². The maximum absolute atomic E-state index is 13.4. The number of carbonyl (C=O) groups excluding carboxylic acids is 2. The number of carbonyl (C=O) groups is 2. The predicted octanol–water partition coefficient (Wildman–Crippen LogP) is 3.77. The Bertz CT molecular complexity index is 1050. The van der Waals surface area contributed by atoms with E-state index in [0.29, 0.717) is 23.2 Å². The van der Waals surface area contributed by atoms with Crippen molar-refractivity contribution in [3.05, 3.63) is 64.2 Å². The molecule has 1 N–H and O–H groups in total. The predicted molar refractivity (Wildman–Crippen MR) is 114 cm³/mol. The van der Waals surface area contributed by atoms with Crippen molar-refractivity contribution in [2.24, 2.45) is 0 Å². The van der Waals surface area contributed by atoms with Crippen molar-refractivity contribution in [2.75, 3.05) is 37.6 Å². The average Bonchev–Trinajstić information content (AvgIpc) is 3.08. The van der Waals surface area contributed by atoms with Crippen molar-refractivity contribution in [3.63, 3.8) is 0 Å². The van der Waals surface area contributed by atoms with E-state index in [4.69, 9.17) is 11.6 Å². The molecule has 0 bridgehead atoms. The molecule has 2 heterocycles. The van der Waals surface area contributed by atoms with Crippen LogP contribution in [0.15, 0.2) is 48.5 Å². The number of hydrogen-bond donors (Lipinski definition) is 1. The molecular formula is C21H19ClFN3O2S. The third kappa shape index (κ3) is 4.21. The van der Waals surface area contributed by atoms with Gasteiger partial charge in [-0.1, -0.05) is 29.8 Å². The summed E-state index contributed by atoms with van der Waals surface area (Å²) >= 11 is 7.38. The van der Waals surface area contributed by atoms with Gasteiger partial charge in [0.2, 0.25) is 5.91 Å². The summed E-state index contributed by atoms with van der Waals surface area (Å²) in [6.07, 6.45) is 0. The first-order valence-electron chi connectivity index (χ1n) is 9.26. The van der Waals surface area contributed by atoms with Crippen molar-refractivity contribution in [1.29, 1.82) is 0 Å². The summed E-state index contributed by atoms with van der Waals surface area (Å²) in [7, 11) is 0. The molecule has 1 fully saturated rings. The van der Waals surface area contributed by atoms with Gasteiger partial charge in [0.15, 0.2) is 0 Å². The molecule has 0 atom stereocenters. The second-order valence-corrected chi connectivity index (χ2v) is 8.20. The van der Waals surface area contributed by atoms with Crippen LogP contribution in [-0.2, 0) is 4.79 Å². The summed E-state index contributed by atoms with van der Waals surface area (Å²) in [5.41, 5.74) is 1.14. The molecule has 4 rings (SSSR count). The van der Waals surface area contributed by atoms with Crippen LogP contribution in [-0.4, -0.2) is 49.4 Å². The van der Waals surface area contributed by atoms with Gasteiger partial charge < -0.3 is 15.1 Å². The van der Waals surface area contributed by atoms with Gasteiger partial charge >= 0.3 is 0 Å². The number of para-hydroxylation sites is 1. The van der Waals surface area contributed by atoms with E-state index in [1.807, 2.05) is 18.2 Å². The van der Waals surface area contributed by atoms with Gasteiger partial charge in [-0.05, 0) is 30.3 Å². The van der Waals surface area contributed by atoms with Gasteiger partial charge in [-0.15, -0.1) is 11.3 Å². The van der Waals surface area contributed by atoms with Gasteiger partial charge in [-0.25, -0.2) is 4.39 Å². The summed E-state index contributed by atoms with van der Waals surface area (Å²) in [6, 6.07) is 14.3. The topological polar surface area (TPSA) is 52.7 Å². The molecule has 0 spiro atoms. The Morgan fingerprint density at radius 1 is 1.07 bits per heavy atom. The molecule has 2 aromatic carbocycles. The third-order valence-corrected chi connectivity index (χ3v) is 6.61. The first-order valence-corrected chi connectivity index (χ1v) is 10.5. The van der Waals surface area contributed by atoms with Crippen LogP contribution >= 0.6 is 22.9 Å². The zero-order valence-electron chi connectivity index (χ0n) is 15.5. The maximum Gasteiger partial charge on any atom is 0.263 e. The van der Waals surface area contributed by atoms with Gasteiger partial charge in [-0.2, -0.15) is 0 Å². The number of rotatable bonds is 4. The van der Waals surface area contributed by atoms with Crippen molar-refractivity contribution < 1.29 is 14.0 Å². The lowest BCUT2D eigenvalue weighted by Crippen LogP contribution is -2.51. The minimum Gasteiger partial charge on any atom is -0.368 e. The number of hydrogen-bond acceptors (Lipinski definition) is 4. The molecule has 1 aliphatic rings. The Morgan fingerprint density at radius 3 is 2.52 bits per heavy atom. The molecule has 1 aliphatic heterocycles. The minimum absolute atomic E-state index is 0.0941. The lowest BCUT2D eigenvalue weighted by molar-refractivity contribution is -0.130. The zero-order valence-corrected chi connectivity index (χ0v) is 17.1. The first kappa shape index (κ1) is 19.7. The van der Waals surface area contributed by atoms with Crippen LogP contribution in [0.25, 0.3) is 10.1 Å². The molecule has 5 nitrogen and oxygen atoms in total. The standard InChI is InChI=1S/C21H19ClFN3O2S/c22-19-16-7-6-14(23)12-17(16)29-20(19)21(28)24-13-18(27)26-10-8-25(9-11-26)15-4-2-1-3-5-15/h1-7,12H,8-11,13H2,(H,24,28). The van der Waals surface area contributed by atoms with Crippen LogP contribution in [0, 0.1) is 5.82 Å². The normalized spacial score (nSPS) is 14.3. The number of anilines is 1. The highest BCUT2D eigenvalue weighted by atomic mass is 35.5. The molecular weight excluding hydrogens is 413 g/mol. The van der Waals surface area contributed by atoms with Gasteiger partial charge in [0.1, 0.15) is 10.7 Å². The fourth-order valence-electron chi connectivity index (χ4n) is 3.39. The molecule has 8 heteroatoms. The molecule has 0 radical (unpaired) electrons. The van der Waals surface area contributed by atoms with Crippen LogP contribution < -0.4 is 10.2 Å². The molecule has 0 saturated carbocycles. The van der Waals surface area contributed by atoms with Gasteiger partial charge in [-0.3, -0.25) is 9.59 Å². The third-order valence-electron chi connectivity index (χ3n) is 4.95. The number of fused-ring (bicyclic) bond motifs is 1. The summed E-state index contributed by atoms with van der Waals surface area (Å²) in [6.45, 7) is 2.61. The highest BCUT2D eigenvalue weighted by molar-refractivity contribution is 7.21. The number of nitrogens with zero attached hydrogens (tertiary/aromatic N) is 2. The Balaban J connectivity index is 1.33. The van der Waals surface area contributed by atoms with E-state index in [-0.39, 0.29) is 28.2 Å². The maximum atomic E-state index is 13.4. The van der Waals surface area contributed by atoms with E-state index in [1.54, 1.807) is 11.0 Å². The molecule has 0 unspecified atom stereocenters. The minimum atomic E-state index is -0.423. The highest BCUT2D eigenvalue weighted by Crippen LogP contribution is 2.35. The number of nitrogens with one attached hydrogen (secondary N) is 1. The Labute approximate surface area is 176 Å². The number of halogens is 2. The Kier molecular flexibility index (Phi) is 5.69. The molecule has 1 aromatic heterocycles. The number of thiophene rings is 1. The summed E-state index contributed by atoms with van der Waals surface area (Å²) in [4.78, 5) is 29.3. The largest absolute Gasteiger partial charge is 0.368 e. The smallest absolute Gasteiger partial charge is 0.263 e. The summed E-state index contributed by atoms with van der Waals surface area (Å²) < 4.78 is 14.0. The van der Waals surface area contributed by atoms with E-state index in [2.05, 4.69) is 22.3 Å². The fraction of sp³-hybridized carbons (Fsp3) is 0.238. The zero-order chi connectivity index (χ0) is 20.4. The van der Waals surface area contributed by atoms with Crippen LogP contribution in [0.2, 0.25) is 5.02 Å². The lowest BCUT2D eigenvalue weighted by atomic mass is 10.2. The van der Waals surface area contributed by atoms with Crippen LogP contribution in [0.3, 0.4) is 0 Å². The Hall–Kier alpha value is -2.64. The van der Waals surface area contributed by atoms with Crippen molar-refractivity contribution in [2.45, 2.75) is 0 Å². The number of amides is 2. The molecule has 150 valence electrons. The van der Waals surface area contributed by atoms with Crippen LogP contribution in [0.4, 0.5) is 10.1 Å². The molecule has 0 aliphatic carbocycles. The number of benzene rings is 2. The van der Waals surface area contributed by atoms with Crippen molar-refractivity contribution >= 4 is 50.5 Å². The van der Waals surface area contributed by atoms with Crippen LogP contribution in [0.5, 0.6) is 0 Å². The summed E-state index contributed by atoms with van der Waals surface area (Å²) in [5, 5.41) is 3.56. The van der Waals surface area contributed by atoms with E-state index in [0.717, 1.165) is 30.1 Å². The molecule has 29 heavy (non-hydrogen) atoms. The van der Waals surface area contributed by atoms with E-state index >= 15 is 0 Å². The summed E-state index contributed by atoms with van der Waals surface area (Å²) in [5.74, 6) is -0.936. The average molecular weight is 432 g/mol. The second-order valence-electron chi connectivity index (χ2n) is 6.77. The Morgan fingerprint density at radius 2 is 1.79 bits per heavy atom. The molecule has 3 aromatic rings. The van der Waals surface area contributed by atoms with Crippen molar-refractivity contribution in [3.8, 4) is 0 Å². The number of piperazine rings is 1. The highest BCUT2D eigenvalue weighted by Gasteiger charge is 2.23. The SMILES string of the molecule is O=C(NCC(=O)N1CCN(c2ccccc2)CC1)c1sc2cc(F)ccc2c1Cl. The first-order chi connectivity index (χ1) is 14.0. The van der Waals surface area contributed by atoms with E-state index in [9.17, 15) is 14.0 Å².